The molecule has 1 amide bonds. The van der Waals surface area contributed by atoms with Crippen LogP contribution in [0.2, 0.25) is 0 Å². The van der Waals surface area contributed by atoms with Gasteiger partial charge in [0.1, 0.15) is 5.82 Å². The van der Waals surface area contributed by atoms with Gasteiger partial charge >= 0.3 is 0 Å². The van der Waals surface area contributed by atoms with E-state index >= 15 is 0 Å². The molecule has 23 heavy (non-hydrogen) atoms. The highest BCUT2D eigenvalue weighted by Crippen LogP contribution is 2.19. The molecular formula is C19H23FN2O. The van der Waals surface area contributed by atoms with Crippen molar-refractivity contribution in [3.05, 3.63) is 66.0 Å². The molecule has 0 saturated heterocycles. The van der Waals surface area contributed by atoms with E-state index in [4.69, 9.17) is 0 Å². The molecule has 2 unspecified atom stereocenters. The molecule has 0 heterocycles. The highest BCUT2D eigenvalue weighted by Gasteiger charge is 2.19. The van der Waals surface area contributed by atoms with Crippen LogP contribution in [0.1, 0.15) is 38.3 Å². The number of amides is 1. The zero-order chi connectivity index (χ0) is 16.7. The predicted octanol–water partition coefficient (Wildman–Crippen LogP) is 4.28. The smallest absolute Gasteiger partial charge is 0.241 e. The van der Waals surface area contributed by atoms with Crippen molar-refractivity contribution in [2.24, 2.45) is 0 Å². The van der Waals surface area contributed by atoms with Gasteiger partial charge in [0.15, 0.2) is 0 Å². The van der Waals surface area contributed by atoms with Crippen molar-refractivity contribution < 1.29 is 9.18 Å². The predicted molar refractivity (Wildman–Crippen MR) is 91.7 cm³/mol. The first-order valence-corrected chi connectivity index (χ1v) is 7.98. The highest BCUT2D eigenvalue weighted by atomic mass is 19.1. The van der Waals surface area contributed by atoms with Crippen LogP contribution < -0.4 is 10.6 Å². The lowest BCUT2D eigenvalue weighted by atomic mass is 10.0. The second kappa shape index (κ2) is 8.44. The summed E-state index contributed by atoms with van der Waals surface area (Å²) in [6.45, 7) is 3.91. The fourth-order valence-corrected chi connectivity index (χ4v) is 2.50. The van der Waals surface area contributed by atoms with Crippen LogP contribution in [0.3, 0.4) is 0 Å². The average Bonchev–Trinajstić information content (AvgIpc) is 2.57. The van der Waals surface area contributed by atoms with Crippen LogP contribution in [0.5, 0.6) is 0 Å². The summed E-state index contributed by atoms with van der Waals surface area (Å²) in [5.41, 5.74) is 1.36. The number of rotatable bonds is 7. The minimum absolute atomic E-state index is 0.0996. The van der Waals surface area contributed by atoms with E-state index in [1.807, 2.05) is 18.2 Å². The van der Waals surface area contributed by atoms with Gasteiger partial charge in [-0.05, 0) is 31.0 Å². The lowest BCUT2D eigenvalue weighted by Crippen LogP contribution is -2.40. The molecule has 122 valence electrons. The Labute approximate surface area is 136 Å². The first-order valence-electron chi connectivity index (χ1n) is 7.98. The maximum absolute atomic E-state index is 13.6. The summed E-state index contributed by atoms with van der Waals surface area (Å²) in [4.78, 5) is 12.3. The molecule has 2 N–H and O–H groups in total. The molecular weight excluding hydrogens is 291 g/mol. The van der Waals surface area contributed by atoms with Crippen LogP contribution in [-0.2, 0) is 4.79 Å². The lowest BCUT2D eigenvalue weighted by Gasteiger charge is -2.23. The van der Waals surface area contributed by atoms with Crippen molar-refractivity contribution in [2.75, 3.05) is 5.32 Å². The standard InChI is InChI=1S/C19H23FN2O/c1-3-9-17(15-10-5-4-6-11-15)21-14(2)19(23)22-18-13-8-7-12-16(18)20/h4-8,10-14,17,21H,3,9H2,1-2H3,(H,22,23). The Morgan fingerprint density at radius 2 is 1.74 bits per heavy atom. The van der Waals surface area contributed by atoms with Gasteiger partial charge in [0, 0.05) is 6.04 Å². The summed E-state index contributed by atoms with van der Waals surface area (Å²) < 4.78 is 13.6. The highest BCUT2D eigenvalue weighted by molar-refractivity contribution is 5.94. The van der Waals surface area contributed by atoms with Gasteiger partial charge in [-0.25, -0.2) is 4.39 Å². The minimum Gasteiger partial charge on any atom is -0.322 e. The van der Waals surface area contributed by atoms with E-state index in [-0.39, 0.29) is 17.6 Å². The Hall–Kier alpha value is -2.20. The van der Waals surface area contributed by atoms with Gasteiger partial charge in [-0.1, -0.05) is 55.8 Å². The molecule has 2 aromatic carbocycles. The third-order valence-electron chi connectivity index (χ3n) is 3.76. The van der Waals surface area contributed by atoms with Crippen LogP contribution in [0.15, 0.2) is 54.6 Å². The summed E-state index contributed by atoms with van der Waals surface area (Å²) in [7, 11) is 0. The third kappa shape index (κ3) is 4.89. The van der Waals surface area contributed by atoms with E-state index in [9.17, 15) is 9.18 Å². The van der Waals surface area contributed by atoms with E-state index in [0.29, 0.717) is 0 Å². The molecule has 2 rings (SSSR count). The first-order chi connectivity index (χ1) is 11.1. The Morgan fingerprint density at radius 3 is 2.39 bits per heavy atom. The molecule has 0 saturated carbocycles. The number of halogens is 1. The number of benzene rings is 2. The molecule has 0 aromatic heterocycles. The average molecular weight is 314 g/mol. The molecule has 2 aromatic rings. The maximum atomic E-state index is 13.6. The van der Waals surface area contributed by atoms with Gasteiger partial charge < -0.3 is 5.32 Å². The van der Waals surface area contributed by atoms with Crippen molar-refractivity contribution in [1.82, 2.24) is 5.32 Å². The molecule has 2 atom stereocenters. The lowest BCUT2D eigenvalue weighted by molar-refractivity contribution is -0.118. The summed E-state index contributed by atoms with van der Waals surface area (Å²) >= 11 is 0. The SMILES string of the molecule is CCCC(NC(C)C(=O)Nc1ccccc1F)c1ccccc1. The van der Waals surface area contributed by atoms with E-state index < -0.39 is 11.9 Å². The maximum Gasteiger partial charge on any atom is 0.241 e. The van der Waals surface area contributed by atoms with Crippen molar-refractivity contribution >= 4 is 11.6 Å². The normalized spacial score (nSPS) is 13.3. The number of nitrogens with one attached hydrogen (secondary N) is 2. The van der Waals surface area contributed by atoms with Crippen LogP contribution in [0, 0.1) is 5.82 Å². The van der Waals surface area contributed by atoms with Gasteiger partial charge in [0.25, 0.3) is 0 Å². The molecule has 0 aliphatic heterocycles. The molecule has 0 spiro atoms. The van der Waals surface area contributed by atoms with Crippen molar-refractivity contribution in [1.29, 1.82) is 0 Å². The third-order valence-corrected chi connectivity index (χ3v) is 3.76. The van der Waals surface area contributed by atoms with E-state index in [1.165, 1.54) is 6.07 Å². The quantitative estimate of drug-likeness (QED) is 0.800. The molecule has 3 nitrogen and oxygen atoms in total. The van der Waals surface area contributed by atoms with Gasteiger partial charge in [-0.2, -0.15) is 0 Å². The Kier molecular flexibility index (Phi) is 6.29. The molecule has 0 aliphatic carbocycles. The zero-order valence-corrected chi connectivity index (χ0v) is 13.6. The summed E-state index contributed by atoms with van der Waals surface area (Å²) in [5, 5.41) is 5.97. The van der Waals surface area contributed by atoms with Crippen molar-refractivity contribution in [3.8, 4) is 0 Å². The van der Waals surface area contributed by atoms with Gasteiger partial charge in [-0.15, -0.1) is 0 Å². The fraction of sp³-hybridized carbons (Fsp3) is 0.316. The first kappa shape index (κ1) is 17.2. The topological polar surface area (TPSA) is 41.1 Å². The Morgan fingerprint density at radius 1 is 1.09 bits per heavy atom. The largest absolute Gasteiger partial charge is 0.322 e. The van der Waals surface area contributed by atoms with Crippen LogP contribution >= 0.6 is 0 Å². The van der Waals surface area contributed by atoms with Gasteiger partial charge in [0.05, 0.1) is 11.7 Å². The second-order valence-corrected chi connectivity index (χ2v) is 5.61. The van der Waals surface area contributed by atoms with E-state index in [0.717, 1.165) is 18.4 Å². The van der Waals surface area contributed by atoms with Gasteiger partial charge in [-0.3, -0.25) is 10.1 Å². The number of hydrogen-bond donors (Lipinski definition) is 2. The monoisotopic (exact) mass is 314 g/mol. The second-order valence-electron chi connectivity index (χ2n) is 5.61. The van der Waals surface area contributed by atoms with Gasteiger partial charge in [0.2, 0.25) is 5.91 Å². The van der Waals surface area contributed by atoms with Crippen LogP contribution in [-0.4, -0.2) is 11.9 Å². The van der Waals surface area contributed by atoms with Crippen LogP contribution in [0.25, 0.3) is 0 Å². The number of anilines is 1. The summed E-state index contributed by atoms with van der Waals surface area (Å²) in [5.74, 6) is -0.673. The minimum atomic E-state index is -0.429. The molecule has 4 heteroatoms. The fourth-order valence-electron chi connectivity index (χ4n) is 2.50. The number of carbonyl (C=O) groups excluding carboxylic acids is 1. The van der Waals surface area contributed by atoms with Crippen molar-refractivity contribution in [2.45, 2.75) is 38.8 Å². The molecule has 0 fully saturated rings. The summed E-state index contributed by atoms with van der Waals surface area (Å²) in [6.07, 6.45) is 1.94. The Bertz CT molecular complexity index is 630. The zero-order valence-electron chi connectivity index (χ0n) is 13.6. The van der Waals surface area contributed by atoms with E-state index in [1.54, 1.807) is 25.1 Å². The molecule has 0 bridgehead atoms. The van der Waals surface area contributed by atoms with E-state index in [2.05, 4.69) is 29.7 Å². The number of para-hydroxylation sites is 1. The molecule has 0 aliphatic rings. The Balaban J connectivity index is 2.02. The number of carbonyl (C=O) groups is 1. The van der Waals surface area contributed by atoms with Crippen LogP contribution in [0.4, 0.5) is 10.1 Å². The van der Waals surface area contributed by atoms with Crippen molar-refractivity contribution in [3.63, 3.8) is 0 Å². The summed E-state index contributed by atoms with van der Waals surface area (Å²) in [6, 6.07) is 15.9. The molecule has 0 radical (unpaired) electrons. The number of hydrogen-bond acceptors (Lipinski definition) is 2.